The number of ether oxygens (including phenoxy) is 1. The summed E-state index contributed by atoms with van der Waals surface area (Å²) in [6.45, 7) is 0. The van der Waals surface area contributed by atoms with E-state index in [0.717, 1.165) is 5.56 Å². The predicted molar refractivity (Wildman–Crippen MR) is 76.0 cm³/mol. The lowest BCUT2D eigenvalue weighted by Crippen LogP contribution is -2.01. The molecule has 0 aliphatic heterocycles. The van der Waals surface area contributed by atoms with Gasteiger partial charge in [0.1, 0.15) is 5.75 Å². The molecule has 0 aliphatic rings. The van der Waals surface area contributed by atoms with Crippen molar-refractivity contribution in [3.63, 3.8) is 0 Å². The summed E-state index contributed by atoms with van der Waals surface area (Å²) >= 11 is 0. The van der Waals surface area contributed by atoms with Crippen LogP contribution in [0.3, 0.4) is 0 Å². The number of hydrogen-bond donors (Lipinski definition) is 0. The highest BCUT2D eigenvalue weighted by atomic mass is 16.5. The van der Waals surface area contributed by atoms with Gasteiger partial charge in [-0.15, -0.1) is 0 Å². The van der Waals surface area contributed by atoms with E-state index >= 15 is 0 Å². The number of carbonyl (C=O) groups is 2. The first kappa shape index (κ1) is 13.6. The van der Waals surface area contributed by atoms with Crippen molar-refractivity contribution < 1.29 is 14.3 Å². The van der Waals surface area contributed by atoms with Gasteiger partial charge in [0.25, 0.3) is 0 Å². The molecule has 3 heteroatoms. The van der Waals surface area contributed by atoms with Gasteiger partial charge < -0.3 is 4.74 Å². The van der Waals surface area contributed by atoms with E-state index in [1.165, 1.54) is 13.2 Å². The molecule has 0 aliphatic carbocycles. The molecular weight excluding hydrogens is 252 g/mol. The number of ketones is 1. The molecular formula is C17H12O3. The number of rotatable bonds is 3. The van der Waals surface area contributed by atoms with Gasteiger partial charge in [0.2, 0.25) is 5.78 Å². The summed E-state index contributed by atoms with van der Waals surface area (Å²) in [4.78, 5) is 23.0. The van der Waals surface area contributed by atoms with Crippen molar-refractivity contribution in [2.45, 2.75) is 0 Å². The quantitative estimate of drug-likeness (QED) is 0.486. The Hall–Kier alpha value is -2.86. The first-order chi connectivity index (χ1) is 9.74. The molecule has 0 radical (unpaired) electrons. The van der Waals surface area contributed by atoms with Gasteiger partial charge in [-0.25, -0.2) is 0 Å². The van der Waals surface area contributed by atoms with Gasteiger partial charge >= 0.3 is 0 Å². The van der Waals surface area contributed by atoms with E-state index in [1.807, 2.05) is 30.3 Å². The van der Waals surface area contributed by atoms with Crippen LogP contribution in [-0.4, -0.2) is 19.2 Å². The van der Waals surface area contributed by atoms with E-state index in [4.69, 9.17) is 4.74 Å². The minimum Gasteiger partial charge on any atom is -0.497 e. The SMILES string of the molecule is COc1ccc(C(=O)C#Cc2ccccc2)c(C=O)c1. The predicted octanol–water partition coefficient (Wildman–Crippen LogP) is 2.74. The Bertz CT molecular complexity index is 691. The molecule has 0 atom stereocenters. The molecule has 20 heavy (non-hydrogen) atoms. The van der Waals surface area contributed by atoms with Crippen LogP contribution >= 0.6 is 0 Å². The van der Waals surface area contributed by atoms with Gasteiger partial charge in [-0.3, -0.25) is 9.59 Å². The van der Waals surface area contributed by atoms with Gasteiger partial charge in [-0.2, -0.15) is 0 Å². The second kappa shape index (κ2) is 6.35. The summed E-state index contributed by atoms with van der Waals surface area (Å²) in [7, 11) is 1.50. The fourth-order valence-corrected chi connectivity index (χ4v) is 1.69. The lowest BCUT2D eigenvalue weighted by molar-refractivity contribution is 0.104. The molecule has 0 heterocycles. The maximum Gasteiger partial charge on any atom is 0.236 e. The summed E-state index contributed by atoms with van der Waals surface area (Å²) in [6, 6.07) is 13.9. The van der Waals surface area contributed by atoms with E-state index in [-0.39, 0.29) is 11.1 Å². The average Bonchev–Trinajstić information content (AvgIpc) is 2.52. The topological polar surface area (TPSA) is 43.4 Å². The third kappa shape index (κ3) is 3.12. The van der Waals surface area contributed by atoms with Gasteiger partial charge in [0.15, 0.2) is 6.29 Å². The lowest BCUT2D eigenvalue weighted by atomic mass is 10.0. The van der Waals surface area contributed by atoms with Gasteiger partial charge in [-0.1, -0.05) is 24.1 Å². The Morgan fingerprint density at radius 2 is 1.90 bits per heavy atom. The van der Waals surface area contributed by atoms with Crippen LogP contribution in [0.25, 0.3) is 0 Å². The van der Waals surface area contributed by atoms with Crippen LogP contribution in [0, 0.1) is 11.8 Å². The Morgan fingerprint density at radius 1 is 1.15 bits per heavy atom. The Morgan fingerprint density at radius 3 is 2.55 bits per heavy atom. The van der Waals surface area contributed by atoms with E-state index in [1.54, 1.807) is 12.1 Å². The van der Waals surface area contributed by atoms with Crippen LogP contribution < -0.4 is 4.74 Å². The molecule has 0 N–H and O–H groups in total. The molecule has 2 aromatic rings. The van der Waals surface area contributed by atoms with Crippen LogP contribution in [0.2, 0.25) is 0 Å². The van der Waals surface area contributed by atoms with Crippen molar-refractivity contribution in [2.24, 2.45) is 0 Å². The second-order valence-corrected chi connectivity index (χ2v) is 4.02. The largest absolute Gasteiger partial charge is 0.497 e. The Kier molecular flexibility index (Phi) is 4.31. The fourth-order valence-electron chi connectivity index (χ4n) is 1.69. The number of methoxy groups -OCH3 is 1. The number of Topliss-reactive ketones (excluding diaryl/α,β-unsaturated/α-hetero) is 1. The van der Waals surface area contributed by atoms with Crippen molar-refractivity contribution in [2.75, 3.05) is 7.11 Å². The number of aldehydes is 1. The molecule has 0 spiro atoms. The van der Waals surface area contributed by atoms with Crippen molar-refractivity contribution >= 4 is 12.1 Å². The molecule has 0 amide bonds. The second-order valence-electron chi connectivity index (χ2n) is 4.02. The highest BCUT2D eigenvalue weighted by Crippen LogP contribution is 2.16. The van der Waals surface area contributed by atoms with Crippen molar-refractivity contribution in [1.29, 1.82) is 0 Å². The average molecular weight is 264 g/mol. The fraction of sp³-hybridized carbons (Fsp3) is 0.0588. The van der Waals surface area contributed by atoms with Crippen LogP contribution in [0.15, 0.2) is 48.5 Å². The Labute approximate surface area is 117 Å². The molecule has 0 fully saturated rings. The highest BCUT2D eigenvalue weighted by Gasteiger charge is 2.09. The number of carbonyl (C=O) groups excluding carboxylic acids is 2. The maximum absolute atomic E-state index is 12.0. The van der Waals surface area contributed by atoms with Gasteiger partial charge in [0, 0.05) is 16.7 Å². The zero-order valence-corrected chi connectivity index (χ0v) is 10.9. The third-order valence-corrected chi connectivity index (χ3v) is 2.72. The molecule has 3 nitrogen and oxygen atoms in total. The summed E-state index contributed by atoms with van der Waals surface area (Å²) in [6.07, 6.45) is 0.625. The molecule has 0 saturated carbocycles. The standard InChI is InChI=1S/C17H12O3/c1-20-15-8-9-16(14(11-15)12-18)17(19)10-7-13-5-3-2-4-6-13/h2-6,8-9,11-12H,1H3. The maximum atomic E-state index is 12.0. The molecule has 98 valence electrons. The molecule has 0 saturated heterocycles. The van der Waals surface area contributed by atoms with Crippen molar-refractivity contribution in [3.8, 4) is 17.6 Å². The third-order valence-electron chi connectivity index (χ3n) is 2.72. The number of hydrogen-bond acceptors (Lipinski definition) is 3. The first-order valence-electron chi connectivity index (χ1n) is 5.99. The lowest BCUT2D eigenvalue weighted by Gasteiger charge is -2.03. The minimum atomic E-state index is -0.390. The summed E-state index contributed by atoms with van der Waals surface area (Å²) in [5, 5.41) is 0. The van der Waals surface area contributed by atoms with E-state index in [2.05, 4.69) is 11.8 Å². The van der Waals surface area contributed by atoms with Gasteiger partial charge in [0.05, 0.1) is 7.11 Å². The van der Waals surface area contributed by atoms with Crippen LogP contribution in [-0.2, 0) is 0 Å². The van der Waals surface area contributed by atoms with Crippen molar-refractivity contribution in [1.82, 2.24) is 0 Å². The summed E-state index contributed by atoms with van der Waals surface area (Å²) in [5.41, 5.74) is 1.31. The molecule has 0 unspecified atom stereocenters. The first-order valence-corrected chi connectivity index (χ1v) is 5.99. The van der Waals surface area contributed by atoms with Crippen LogP contribution in [0.4, 0.5) is 0 Å². The Balaban J connectivity index is 2.30. The number of benzene rings is 2. The summed E-state index contributed by atoms with van der Waals surface area (Å²) < 4.78 is 5.01. The molecule has 2 rings (SSSR count). The zero-order valence-electron chi connectivity index (χ0n) is 10.9. The zero-order chi connectivity index (χ0) is 14.4. The van der Waals surface area contributed by atoms with E-state index < -0.39 is 5.78 Å². The summed E-state index contributed by atoms with van der Waals surface area (Å²) in [5.74, 6) is 5.45. The monoisotopic (exact) mass is 264 g/mol. The van der Waals surface area contributed by atoms with E-state index in [9.17, 15) is 9.59 Å². The van der Waals surface area contributed by atoms with Gasteiger partial charge in [-0.05, 0) is 36.3 Å². The van der Waals surface area contributed by atoms with Crippen LogP contribution in [0.5, 0.6) is 5.75 Å². The van der Waals surface area contributed by atoms with E-state index in [0.29, 0.717) is 12.0 Å². The smallest absolute Gasteiger partial charge is 0.236 e. The molecule has 2 aromatic carbocycles. The molecule has 0 bridgehead atoms. The minimum absolute atomic E-state index is 0.275. The molecule has 0 aromatic heterocycles. The van der Waals surface area contributed by atoms with Crippen molar-refractivity contribution in [3.05, 3.63) is 65.2 Å². The normalized spacial score (nSPS) is 9.25. The van der Waals surface area contributed by atoms with Crippen LogP contribution in [0.1, 0.15) is 26.3 Å². The highest BCUT2D eigenvalue weighted by molar-refractivity contribution is 6.13.